The van der Waals surface area contributed by atoms with Crippen LogP contribution < -0.4 is 16.0 Å². The lowest BCUT2D eigenvalue weighted by molar-refractivity contribution is -0.119. The van der Waals surface area contributed by atoms with E-state index in [0.29, 0.717) is 16.9 Å². The smallest absolute Gasteiger partial charge is 0.414 e. The number of rotatable bonds is 6. The molecule has 10 nitrogen and oxygen atoms in total. The number of aromatic nitrogens is 2. The van der Waals surface area contributed by atoms with Crippen molar-refractivity contribution in [1.29, 1.82) is 0 Å². The Morgan fingerprint density at radius 2 is 2.00 bits per heavy atom. The molecule has 0 fully saturated rings. The second kappa shape index (κ2) is 9.41. The highest BCUT2D eigenvalue weighted by Gasteiger charge is 2.20. The zero-order valence-electron chi connectivity index (χ0n) is 16.0. The molecule has 3 aromatic rings. The SMILES string of the molecule is CCOC(=O)NC(=O)c1ccsc1NC(=O)c1nc2cc(CNC(C)=O)cnc2s1. The first-order valence-corrected chi connectivity index (χ1v) is 10.4. The fourth-order valence-corrected chi connectivity index (χ4v) is 3.92. The van der Waals surface area contributed by atoms with E-state index in [2.05, 4.69) is 30.7 Å². The summed E-state index contributed by atoms with van der Waals surface area (Å²) in [5, 5.41) is 9.46. The molecule has 0 unspecified atom stereocenters. The number of pyridine rings is 1. The van der Waals surface area contributed by atoms with E-state index in [4.69, 9.17) is 0 Å². The van der Waals surface area contributed by atoms with Gasteiger partial charge in [0.1, 0.15) is 15.3 Å². The minimum Gasteiger partial charge on any atom is -0.450 e. The van der Waals surface area contributed by atoms with Gasteiger partial charge in [0.15, 0.2) is 5.01 Å². The minimum atomic E-state index is -0.863. The van der Waals surface area contributed by atoms with Gasteiger partial charge in [0.25, 0.3) is 11.8 Å². The van der Waals surface area contributed by atoms with Crippen LogP contribution in [-0.2, 0) is 16.1 Å². The van der Waals surface area contributed by atoms with E-state index < -0.39 is 17.9 Å². The highest BCUT2D eigenvalue weighted by atomic mass is 32.1. The molecular formula is C18H17N5O5S2. The Kier molecular flexibility index (Phi) is 6.69. The first-order valence-electron chi connectivity index (χ1n) is 8.74. The number of amides is 4. The van der Waals surface area contributed by atoms with Crippen molar-refractivity contribution in [2.45, 2.75) is 20.4 Å². The van der Waals surface area contributed by atoms with Crippen molar-refractivity contribution in [2.24, 2.45) is 0 Å². The van der Waals surface area contributed by atoms with Crippen molar-refractivity contribution in [2.75, 3.05) is 11.9 Å². The molecule has 0 aliphatic heterocycles. The molecule has 0 aromatic carbocycles. The summed E-state index contributed by atoms with van der Waals surface area (Å²) in [5.74, 6) is -1.35. The van der Waals surface area contributed by atoms with Gasteiger partial charge in [-0.15, -0.1) is 11.3 Å². The third-order valence-corrected chi connectivity index (χ3v) is 5.48. The molecule has 156 valence electrons. The number of carbonyl (C=O) groups excluding carboxylic acids is 4. The maximum Gasteiger partial charge on any atom is 0.414 e. The van der Waals surface area contributed by atoms with Crippen molar-refractivity contribution in [3.63, 3.8) is 0 Å². The fraction of sp³-hybridized carbons (Fsp3) is 0.222. The molecule has 3 rings (SSSR count). The van der Waals surface area contributed by atoms with Crippen LogP contribution in [0.25, 0.3) is 10.3 Å². The molecule has 4 amide bonds. The molecule has 3 N–H and O–H groups in total. The number of fused-ring (bicyclic) bond motifs is 1. The quantitative estimate of drug-likeness (QED) is 0.527. The molecule has 0 radical (unpaired) electrons. The van der Waals surface area contributed by atoms with Crippen LogP contribution in [0.15, 0.2) is 23.7 Å². The van der Waals surface area contributed by atoms with Crippen LogP contribution in [0.2, 0.25) is 0 Å². The van der Waals surface area contributed by atoms with Gasteiger partial charge in [-0.25, -0.2) is 14.8 Å². The zero-order chi connectivity index (χ0) is 21.7. The number of hydrogen-bond acceptors (Lipinski definition) is 9. The lowest BCUT2D eigenvalue weighted by Gasteiger charge is -2.05. The zero-order valence-corrected chi connectivity index (χ0v) is 17.6. The summed E-state index contributed by atoms with van der Waals surface area (Å²) in [4.78, 5) is 56.4. The van der Waals surface area contributed by atoms with Gasteiger partial charge in [-0.2, -0.15) is 0 Å². The maximum absolute atomic E-state index is 12.6. The van der Waals surface area contributed by atoms with E-state index >= 15 is 0 Å². The number of alkyl carbamates (subject to hydrolysis) is 1. The third kappa shape index (κ3) is 5.15. The summed E-state index contributed by atoms with van der Waals surface area (Å²) in [6.45, 7) is 3.48. The van der Waals surface area contributed by atoms with E-state index in [1.807, 2.05) is 0 Å². The van der Waals surface area contributed by atoms with Crippen LogP contribution in [-0.4, -0.2) is 40.4 Å². The summed E-state index contributed by atoms with van der Waals surface area (Å²) in [5.41, 5.74) is 1.42. The Labute approximate surface area is 178 Å². The van der Waals surface area contributed by atoms with Gasteiger partial charge in [-0.05, 0) is 30.0 Å². The van der Waals surface area contributed by atoms with Crippen LogP contribution in [0, 0.1) is 0 Å². The lowest BCUT2D eigenvalue weighted by atomic mass is 10.3. The third-order valence-electron chi connectivity index (χ3n) is 3.67. The molecule has 0 aliphatic carbocycles. The Morgan fingerprint density at radius 3 is 2.73 bits per heavy atom. The number of carbonyl (C=O) groups is 4. The number of ether oxygens (including phenoxy) is 1. The van der Waals surface area contributed by atoms with Crippen LogP contribution in [0.1, 0.15) is 39.6 Å². The topological polar surface area (TPSA) is 139 Å². The van der Waals surface area contributed by atoms with Crippen molar-refractivity contribution in [3.05, 3.63) is 39.8 Å². The number of imide groups is 1. The summed E-state index contributed by atoms with van der Waals surface area (Å²) >= 11 is 2.24. The Bertz CT molecular complexity index is 1120. The van der Waals surface area contributed by atoms with Gasteiger partial charge >= 0.3 is 6.09 Å². The first kappa shape index (κ1) is 21.3. The van der Waals surface area contributed by atoms with Crippen molar-refractivity contribution in [3.8, 4) is 0 Å². The molecule has 0 atom stereocenters. The monoisotopic (exact) mass is 447 g/mol. The summed E-state index contributed by atoms with van der Waals surface area (Å²) in [7, 11) is 0. The van der Waals surface area contributed by atoms with Gasteiger partial charge in [0.05, 0.1) is 12.2 Å². The van der Waals surface area contributed by atoms with Crippen LogP contribution in [0.3, 0.4) is 0 Å². The van der Waals surface area contributed by atoms with Gasteiger partial charge in [-0.1, -0.05) is 11.3 Å². The average Bonchev–Trinajstić information content (AvgIpc) is 3.32. The predicted octanol–water partition coefficient (Wildman–Crippen LogP) is 2.53. The number of thiazole rings is 1. The molecule has 3 aromatic heterocycles. The van der Waals surface area contributed by atoms with Crippen LogP contribution in [0.5, 0.6) is 0 Å². The Hall–Kier alpha value is -3.38. The fourth-order valence-electron chi connectivity index (χ4n) is 2.35. The van der Waals surface area contributed by atoms with Crippen molar-refractivity contribution < 1.29 is 23.9 Å². The number of anilines is 1. The molecule has 3 heterocycles. The minimum absolute atomic E-state index is 0.129. The largest absolute Gasteiger partial charge is 0.450 e. The first-order chi connectivity index (χ1) is 14.4. The second-order valence-corrected chi connectivity index (χ2v) is 7.78. The van der Waals surface area contributed by atoms with Crippen LogP contribution in [0.4, 0.5) is 9.80 Å². The normalized spacial score (nSPS) is 10.5. The van der Waals surface area contributed by atoms with E-state index in [0.717, 1.165) is 28.2 Å². The van der Waals surface area contributed by atoms with Gasteiger partial charge in [-0.3, -0.25) is 19.7 Å². The Morgan fingerprint density at radius 1 is 1.20 bits per heavy atom. The molecule has 0 spiro atoms. The lowest BCUT2D eigenvalue weighted by Crippen LogP contribution is -2.31. The average molecular weight is 447 g/mol. The molecule has 0 saturated carbocycles. The molecule has 30 heavy (non-hydrogen) atoms. The second-order valence-electron chi connectivity index (χ2n) is 5.89. The van der Waals surface area contributed by atoms with E-state index in [1.165, 1.54) is 13.0 Å². The summed E-state index contributed by atoms with van der Waals surface area (Å²) in [6.07, 6.45) is 0.744. The maximum atomic E-state index is 12.6. The summed E-state index contributed by atoms with van der Waals surface area (Å²) in [6, 6.07) is 3.23. The summed E-state index contributed by atoms with van der Waals surface area (Å²) < 4.78 is 4.68. The van der Waals surface area contributed by atoms with Crippen molar-refractivity contribution in [1.82, 2.24) is 20.6 Å². The predicted molar refractivity (Wildman–Crippen MR) is 112 cm³/mol. The molecule has 12 heteroatoms. The van der Waals surface area contributed by atoms with E-state index in [-0.39, 0.29) is 28.1 Å². The van der Waals surface area contributed by atoms with E-state index in [9.17, 15) is 19.2 Å². The Balaban J connectivity index is 1.73. The molecule has 0 bridgehead atoms. The van der Waals surface area contributed by atoms with Crippen LogP contribution >= 0.6 is 22.7 Å². The highest BCUT2D eigenvalue weighted by molar-refractivity contribution is 7.20. The number of hydrogen-bond donors (Lipinski definition) is 3. The molecular weight excluding hydrogens is 430 g/mol. The van der Waals surface area contributed by atoms with Crippen molar-refractivity contribution >= 4 is 61.8 Å². The molecule has 0 aliphatic rings. The number of nitrogens with one attached hydrogen (secondary N) is 3. The van der Waals surface area contributed by atoms with Gasteiger partial charge < -0.3 is 15.4 Å². The van der Waals surface area contributed by atoms with Gasteiger partial charge in [0.2, 0.25) is 5.91 Å². The van der Waals surface area contributed by atoms with E-state index in [1.54, 1.807) is 24.6 Å². The standard InChI is InChI=1S/C18H17N5O5S2/c1-3-28-18(27)23-13(25)11-4-5-29-15(11)22-14(26)17-21-12-6-10(7-19-9(2)24)8-20-16(12)30-17/h4-6,8H,3,7H2,1-2H3,(H,19,24)(H,22,26)(H,23,25,27). The number of nitrogens with zero attached hydrogens (tertiary/aromatic N) is 2. The van der Waals surface area contributed by atoms with Gasteiger partial charge in [0, 0.05) is 19.7 Å². The highest BCUT2D eigenvalue weighted by Crippen LogP contribution is 2.26. The molecule has 0 saturated heterocycles. The number of thiophene rings is 1.